The minimum Gasteiger partial charge on any atom is -0.369 e. The number of hydrogen-bond donors (Lipinski definition) is 1. The van der Waals surface area contributed by atoms with Gasteiger partial charge in [0, 0.05) is 43.5 Å². The molecule has 1 aromatic carbocycles. The van der Waals surface area contributed by atoms with E-state index in [0.29, 0.717) is 26.2 Å². The highest BCUT2D eigenvalue weighted by Gasteiger charge is 2.29. The van der Waals surface area contributed by atoms with Gasteiger partial charge in [0.1, 0.15) is 0 Å². The number of hydrogen-bond acceptors (Lipinski definition) is 4. The zero-order valence-electron chi connectivity index (χ0n) is 12.7. The lowest BCUT2D eigenvalue weighted by Gasteiger charge is -2.34. The first-order valence-corrected chi connectivity index (χ1v) is 9.39. The Labute approximate surface area is 131 Å². The Hall–Kier alpha value is -1.60. The van der Waals surface area contributed by atoms with E-state index in [1.807, 2.05) is 24.3 Å². The SMILES string of the molecule is CS(=O)(=O)N1CCN(c2cccc(NC(=O)C3CC3)c2)CC1. The van der Waals surface area contributed by atoms with Gasteiger partial charge in [-0.3, -0.25) is 4.79 Å². The zero-order chi connectivity index (χ0) is 15.7. The molecule has 0 radical (unpaired) electrons. The highest BCUT2D eigenvalue weighted by atomic mass is 32.2. The van der Waals surface area contributed by atoms with Crippen LogP contribution in [0.3, 0.4) is 0 Å². The van der Waals surface area contributed by atoms with Crippen LogP contribution in [0.5, 0.6) is 0 Å². The van der Waals surface area contributed by atoms with Crippen LogP contribution in [0, 0.1) is 5.92 Å². The van der Waals surface area contributed by atoms with Crippen LogP contribution in [-0.2, 0) is 14.8 Å². The highest BCUT2D eigenvalue weighted by Crippen LogP contribution is 2.30. The first kappa shape index (κ1) is 15.3. The summed E-state index contributed by atoms with van der Waals surface area (Å²) in [5.41, 5.74) is 1.82. The van der Waals surface area contributed by atoms with Crippen LogP contribution >= 0.6 is 0 Å². The number of carbonyl (C=O) groups is 1. The molecular weight excluding hydrogens is 302 g/mol. The van der Waals surface area contributed by atoms with Crippen molar-refractivity contribution >= 4 is 27.3 Å². The molecule has 0 unspecified atom stereocenters. The molecule has 0 spiro atoms. The fraction of sp³-hybridized carbons (Fsp3) is 0.533. The molecule has 0 aromatic heterocycles. The van der Waals surface area contributed by atoms with Crippen LogP contribution in [-0.4, -0.2) is 51.1 Å². The summed E-state index contributed by atoms with van der Waals surface area (Å²) in [6, 6.07) is 7.75. The van der Waals surface area contributed by atoms with Gasteiger partial charge >= 0.3 is 0 Å². The van der Waals surface area contributed by atoms with E-state index in [1.165, 1.54) is 10.6 Å². The van der Waals surface area contributed by atoms with Crippen molar-refractivity contribution in [3.63, 3.8) is 0 Å². The third kappa shape index (κ3) is 3.59. The molecule has 22 heavy (non-hydrogen) atoms. The first-order chi connectivity index (χ1) is 10.4. The summed E-state index contributed by atoms with van der Waals surface area (Å²) >= 11 is 0. The molecule has 1 N–H and O–H groups in total. The van der Waals surface area contributed by atoms with E-state index in [0.717, 1.165) is 24.2 Å². The van der Waals surface area contributed by atoms with E-state index < -0.39 is 10.0 Å². The molecule has 1 amide bonds. The maximum Gasteiger partial charge on any atom is 0.227 e. The Kier molecular flexibility index (Phi) is 4.10. The van der Waals surface area contributed by atoms with Crippen molar-refractivity contribution in [2.75, 3.05) is 42.7 Å². The van der Waals surface area contributed by atoms with Crippen LogP contribution in [0.4, 0.5) is 11.4 Å². The Morgan fingerprint density at radius 1 is 1.18 bits per heavy atom. The van der Waals surface area contributed by atoms with E-state index >= 15 is 0 Å². The summed E-state index contributed by atoms with van der Waals surface area (Å²) in [4.78, 5) is 14.0. The van der Waals surface area contributed by atoms with E-state index in [2.05, 4.69) is 10.2 Å². The van der Waals surface area contributed by atoms with Gasteiger partial charge in [-0.2, -0.15) is 4.31 Å². The minimum absolute atomic E-state index is 0.0963. The number of carbonyl (C=O) groups excluding carboxylic acids is 1. The lowest BCUT2D eigenvalue weighted by Crippen LogP contribution is -2.48. The number of amides is 1. The quantitative estimate of drug-likeness (QED) is 0.901. The summed E-state index contributed by atoms with van der Waals surface area (Å²) in [5.74, 6) is 0.279. The van der Waals surface area contributed by atoms with E-state index in [-0.39, 0.29) is 11.8 Å². The molecule has 2 fully saturated rings. The molecule has 1 aromatic rings. The molecule has 1 saturated heterocycles. The van der Waals surface area contributed by atoms with Crippen molar-refractivity contribution in [3.05, 3.63) is 24.3 Å². The van der Waals surface area contributed by atoms with Crippen LogP contribution in [0.2, 0.25) is 0 Å². The van der Waals surface area contributed by atoms with Crippen molar-refractivity contribution in [3.8, 4) is 0 Å². The molecule has 3 rings (SSSR count). The average Bonchev–Trinajstić information content (AvgIpc) is 3.31. The topological polar surface area (TPSA) is 69.7 Å². The van der Waals surface area contributed by atoms with Crippen LogP contribution in [0.1, 0.15) is 12.8 Å². The Bertz CT molecular complexity index is 662. The van der Waals surface area contributed by atoms with Gasteiger partial charge in [-0.25, -0.2) is 8.42 Å². The molecule has 1 aliphatic heterocycles. The van der Waals surface area contributed by atoms with Gasteiger partial charge in [0.15, 0.2) is 0 Å². The van der Waals surface area contributed by atoms with E-state index in [9.17, 15) is 13.2 Å². The van der Waals surface area contributed by atoms with Crippen molar-refractivity contribution in [1.29, 1.82) is 0 Å². The molecule has 6 nitrogen and oxygen atoms in total. The van der Waals surface area contributed by atoms with Gasteiger partial charge in [0.2, 0.25) is 15.9 Å². The second-order valence-electron chi connectivity index (χ2n) is 5.96. The maximum absolute atomic E-state index is 11.8. The largest absolute Gasteiger partial charge is 0.369 e. The summed E-state index contributed by atoms with van der Waals surface area (Å²) in [7, 11) is -3.11. The fourth-order valence-corrected chi connectivity index (χ4v) is 3.47. The van der Waals surface area contributed by atoms with Crippen LogP contribution in [0.25, 0.3) is 0 Å². The predicted octanol–water partition coefficient (Wildman–Crippen LogP) is 1.12. The number of anilines is 2. The van der Waals surface area contributed by atoms with E-state index in [4.69, 9.17) is 0 Å². The third-order valence-corrected chi connectivity index (χ3v) is 5.44. The monoisotopic (exact) mass is 323 g/mol. The molecule has 1 aliphatic carbocycles. The number of nitrogens with zero attached hydrogens (tertiary/aromatic N) is 2. The standard InChI is InChI=1S/C15H21N3O3S/c1-22(20,21)18-9-7-17(8-10-18)14-4-2-3-13(11-14)16-15(19)12-5-6-12/h2-4,11-12H,5-10H2,1H3,(H,16,19). The van der Waals surface area contributed by atoms with Crippen molar-refractivity contribution in [2.24, 2.45) is 5.92 Å². The van der Waals surface area contributed by atoms with E-state index in [1.54, 1.807) is 0 Å². The average molecular weight is 323 g/mol. The predicted molar refractivity (Wildman–Crippen MR) is 86.4 cm³/mol. The molecule has 7 heteroatoms. The lowest BCUT2D eigenvalue weighted by molar-refractivity contribution is -0.117. The van der Waals surface area contributed by atoms with Gasteiger partial charge in [0.05, 0.1) is 6.26 Å². The number of piperazine rings is 1. The first-order valence-electron chi connectivity index (χ1n) is 7.54. The van der Waals surface area contributed by atoms with Gasteiger partial charge in [-0.05, 0) is 31.0 Å². The lowest BCUT2D eigenvalue weighted by atomic mass is 10.2. The summed E-state index contributed by atoms with van der Waals surface area (Å²) in [6.07, 6.45) is 3.22. The molecular formula is C15H21N3O3S. The minimum atomic E-state index is -3.11. The van der Waals surface area contributed by atoms with Crippen LogP contribution in [0.15, 0.2) is 24.3 Å². The van der Waals surface area contributed by atoms with Gasteiger partial charge in [-0.1, -0.05) is 6.07 Å². The maximum atomic E-state index is 11.8. The molecule has 1 saturated carbocycles. The molecule has 1 heterocycles. The van der Waals surface area contributed by atoms with Crippen molar-refractivity contribution < 1.29 is 13.2 Å². The number of sulfonamides is 1. The Morgan fingerprint density at radius 3 is 2.45 bits per heavy atom. The second kappa shape index (κ2) is 5.89. The normalized spacial score (nSPS) is 20.0. The number of benzene rings is 1. The second-order valence-corrected chi connectivity index (χ2v) is 7.95. The third-order valence-electron chi connectivity index (χ3n) is 4.13. The van der Waals surface area contributed by atoms with Crippen LogP contribution < -0.4 is 10.2 Å². The molecule has 120 valence electrons. The fourth-order valence-electron chi connectivity index (χ4n) is 2.65. The summed E-state index contributed by atoms with van der Waals surface area (Å²) < 4.78 is 24.6. The molecule has 0 atom stereocenters. The summed E-state index contributed by atoms with van der Waals surface area (Å²) in [5, 5.41) is 2.94. The van der Waals surface area contributed by atoms with Crippen molar-refractivity contribution in [1.82, 2.24) is 4.31 Å². The van der Waals surface area contributed by atoms with Gasteiger partial charge in [-0.15, -0.1) is 0 Å². The summed E-state index contributed by atoms with van der Waals surface area (Å²) in [6.45, 7) is 2.31. The smallest absolute Gasteiger partial charge is 0.227 e. The Morgan fingerprint density at radius 2 is 1.86 bits per heavy atom. The van der Waals surface area contributed by atoms with Gasteiger partial charge < -0.3 is 10.2 Å². The Balaban J connectivity index is 1.64. The number of nitrogens with one attached hydrogen (secondary N) is 1. The number of rotatable bonds is 4. The highest BCUT2D eigenvalue weighted by molar-refractivity contribution is 7.88. The molecule has 2 aliphatic rings. The zero-order valence-corrected chi connectivity index (χ0v) is 13.5. The molecule has 0 bridgehead atoms. The van der Waals surface area contributed by atoms with Gasteiger partial charge in [0.25, 0.3) is 0 Å². The van der Waals surface area contributed by atoms with Crippen molar-refractivity contribution in [2.45, 2.75) is 12.8 Å².